The number of carboxylic acids is 1. The lowest BCUT2D eigenvalue weighted by atomic mass is 9.87. The molecule has 0 fully saturated rings. The van der Waals surface area contributed by atoms with Crippen LogP contribution >= 0.6 is 0 Å². The number of aromatic nitrogens is 2. The van der Waals surface area contributed by atoms with Gasteiger partial charge in [0.05, 0.1) is 6.20 Å². The number of nitrogens with zero attached hydrogens (tertiary/aromatic N) is 1. The first kappa shape index (κ1) is 8.25. The minimum absolute atomic E-state index is 0.0887. The van der Waals surface area contributed by atoms with E-state index in [0.717, 1.165) is 5.69 Å². The van der Waals surface area contributed by atoms with Crippen molar-refractivity contribution in [2.45, 2.75) is 18.9 Å². The number of hydrogen-bond acceptors (Lipinski definition) is 3. The predicted molar refractivity (Wildman–Crippen MR) is 45.0 cm³/mol. The van der Waals surface area contributed by atoms with E-state index in [0.29, 0.717) is 12.0 Å². The number of carbonyl (C=O) groups is 1. The van der Waals surface area contributed by atoms with E-state index in [1.54, 1.807) is 0 Å². The maximum atomic E-state index is 11.0. The Bertz CT molecular complexity index is 360. The molecule has 0 saturated carbocycles. The summed E-state index contributed by atoms with van der Waals surface area (Å²) in [5.74, 6) is -1.07. The minimum atomic E-state index is -1.26. The van der Waals surface area contributed by atoms with Crippen molar-refractivity contribution in [1.82, 2.24) is 10.2 Å². The number of hydrogen-bond donors (Lipinski definition) is 3. The third kappa shape index (κ3) is 0.846. The summed E-state index contributed by atoms with van der Waals surface area (Å²) in [6.45, 7) is 1.84. The van der Waals surface area contributed by atoms with Crippen molar-refractivity contribution in [3.05, 3.63) is 17.5 Å². The Morgan fingerprint density at radius 2 is 2.62 bits per heavy atom. The summed E-state index contributed by atoms with van der Waals surface area (Å²) in [6, 6.07) is 0. The predicted octanol–water partition coefficient (Wildman–Crippen LogP) is -0.160. The molecule has 4 N–H and O–H groups in total. The summed E-state index contributed by atoms with van der Waals surface area (Å²) in [5, 5.41) is 15.6. The largest absolute Gasteiger partial charge is 0.480 e. The molecule has 0 amide bonds. The highest BCUT2D eigenvalue weighted by Gasteiger charge is 2.48. The fourth-order valence-electron chi connectivity index (χ4n) is 1.88. The molecule has 0 spiro atoms. The van der Waals surface area contributed by atoms with Gasteiger partial charge in [0.15, 0.2) is 0 Å². The van der Waals surface area contributed by atoms with Gasteiger partial charge in [-0.15, -0.1) is 0 Å². The molecule has 70 valence electrons. The van der Waals surface area contributed by atoms with Crippen molar-refractivity contribution in [3.8, 4) is 0 Å². The average Bonchev–Trinajstić information content (AvgIpc) is 2.57. The van der Waals surface area contributed by atoms with Crippen molar-refractivity contribution >= 4 is 5.97 Å². The zero-order chi connectivity index (χ0) is 9.64. The Hall–Kier alpha value is -1.36. The standard InChI is InChI=1S/C8H11N3O2/c1-4-2-6-5(3-10-11-6)8(4,9)7(12)13/h3-4H,2,9H2,1H3,(H,10,11)(H,12,13). The number of nitrogens with two attached hydrogens (primary N) is 1. The van der Waals surface area contributed by atoms with Gasteiger partial charge >= 0.3 is 5.97 Å². The van der Waals surface area contributed by atoms with Crippen molar-refractivity contribution in [3.63, 3.8) is 0 Å². The minimum Gasteiger partial charge on any atom is -0.480 e. The zero-order valence-electron chi connectivity index (χ0n) is 7.24. The highest BCUT2D eigenvalue weighted by Crippen LogP contribution is 2.38. The molecular weight excluding hydrogens is 170 g/mol. The number of aliphatic carboxylic acids is 1. The van der Waals surface area contributed by atoms with Gasteiger partial charge in [-0.1, -0.05) is 6.92 Å². The first-order chi connectivity index (χ1) is 6.06. The topological polar surface area (TPSA) is 92.0 Å². The van der Waals surface area contributed by atoms with Crippen molar-refractivity contribution < 1.29 is 9.90 Å². The van der Waals surface area contributed by atoms with Gasteiger partial charge in [0.25, 0.3) is 0 Å². The summed E-state index contributed by atoms with van der Waals surface area (Å²) in [6.07, 6.45) is 2.16. The summed E-state index contributed by atoms with van der Waals surface area (Å²) in [4.78, 5) is 11.0. The zero-order valence-corrected chi connectivity index (χ0v) is 7.24. The monoisotopic (exact) mass is 181 g/mol. The van der Waals surface area contributed by atoms with E-state index < -0.39 is 11.5 Å². The van der Waals surface area contributed by atoms with Gasteiger partial charge in [0, 0.05) is 11.3 Å². The van der Waals surface area contributed by atoms with Crippen molar-refractivity contribution in [2.75, 3.05) is 0 Å². The second-order valence-corrected chi connectivity index (χ2v) is 3.54. The smallest absolute Gasteiger partial charge is 0.328 e. The van der Waals surface area contributed by atoms with Crippen LogP contribution in [0.4, 0.5) is 0 Å². The number of rotatable bonds is 1. The number of nitrogens with one attached hydrogen (secondary N) is 1. The number of aromatic amines is 1. The second kappa shape index (κ2) is 2.32. The summed E-state index contributed by atoms with van der Waals surface area (Å²) < 4.78 is 0. The molecule has 1 heterocycles. The van der Waals surface area contributed by atoms with Crippen LogP contribution in [-0.2, 0) is 16.8 Å². The van der Waals surface area contributed by atoms with Gasteiger partial charge in [-0.05, 0) is 12.3 Å². The number of H-pyrrole nitrogens is 1. The van der Waals surface area contributed by atoms with Crippen molar-refractivity contribution in [2.24, 2.45) is 11.7 Å². The lowest BCUT2D eigenvalue weighted by molar-refractivity contribution is -0.145. The Kier molecular flexibility index (Phi) is 1.47. The summed E-state index contributed by atoms with van der Waals surface area (Å²) >= 11 is 0. The maximum absolute atomic E-state index is 11.0. The Balaban J connectivity index is 2.56. The number of fused-ring (bicyclic) bond motifs is 1. The molecule has 0 radical (unpaired) electrons. The molecule has 2 unspecified atom stereocenters. The highest BCUT2D eigenvalue weighted by molar-refractivity contribution is 5.82. The van der Waals surface area contributed by atoms with Gasteiger partial charge in [0.1, 0.15) is 5.54 Å². The number of carboxylic acid groups (broad SMARTS) is 1. The molecule has 2 rings (SSSR count). The average molecular weight is 181 g/mol. The lowest BCUT2D eigenvalue weighted by Crippen LogP contribution is -2.47. The molecule has 1 aliphatic rings. The van der Waals surface area contributed by atoms with Gasteiger partial charge < -0.3 is 10.8 Å². The van der Waals surface area contributed by atoms with E-state index in [4.69, 9.17) is 10.8 Å². The lowest BCUT2D eigenvalue weighted by Gasteiger charge is -2.23. The molecule has 1 aromatic heterocycles. The van der Waals surface area contributed by atoms with E-state index in [1.165, 1.54) is 6.20 Å². The highest BCUT2D eigenvalue weighted by atomic mass is 16.4. The van der Waals surface area contributed by atoms with Crippen LogP contribution < -0.4 is 5.73 Å². The molecule has 13 heavy (non-hydrogen) atoms. The Morgan fingerprint density at radius 1 is 1.92 bits per heavy atom. The molecule has 1 aliphatic carbocycles. The van der Waals surface area contributed by atoms with Gasteiger partial charge in [0.2, 0.25) is 0 Å². The fourth-order valence-corrected chi connectivity index (χ4v) is 1.88. The van der Waals surface area contributed by atoms with Crippen LogP contribution in [0.3, 0.4) is 0 Å². The third-order valence-electron chi connectivity index (χ3n) is 2.81. The summed E-state index contributed by atoms with van der Waals surface area (Å²) in [5.41, 5.74) is 6.04. The van der Waals surface area contributed by atoms with E-state index in [9.17, 15) is 4.79 Å². The second-order valence-electron chi connectivity index (χ2n) is 3.54. The molecule has 1 aromatic rings. The van der Waals surface area contributed by atoms with Crippen LogP contribution in [-0.4, -0.2) is 21.3 Å². The van der Waals surface area contributed by atoms with Gasteiger partial charge in [-0.2, -0.15) is 5.10 Å². The molecule has 2 atom stereocenters. The normalized spacial score (nSPS) is 31.7. The molecule has 5 heteroatoms. The van der Waals surface area contributed by atoms with E-state index in [2.05, 4.69) is 10.2 Å². The first-order valence-corrected chi connectivity index (χ1v) is 4.11. The van der Waals surface area contributed by atoms with Gasteiger partial charge in [-0.25, -0.2) is 4.79 Å². The third-order valence-corrected chi connectivity index (χ3v) is 2.81. The van der Waals surface area contributed by atoms with E-state index in [-0.39, 0.29) is 5.92 Å². The van der Waals surface area contributed by atoms with Crippen LogP contribution in [0.5, 0.6) is 0 Å². The molecular formula is C8H11N3O2. The van der Waals surface area contributed by atoms with E-state index >= 15 is 0 Å². The molecule has 0 bridgehead atoms. The van der Waals surface area contributed by atoms with Crippen LogP contribution in [0.15, 0.2) is 6.20 Å². The Labute approximate surface area is 74.9 Å². The molecule has 0 saturated heterocycles. The molecule has 0 aliphatic heterocycles. The van der Waals surface area contributed by atoms with Crippen molar-refractivity contribution in [1.29, 1.82) is 0 Å². The first-order valence-electron chi connectivity index (χ1n) is 4.11. The van der Waals surface area contributed by atoms with Crippen LogP contribution in [0.25, 0.3) is 0 Å². The van der Waals surface area contributed by atoms with E-state index in [1.807, 2.05) is 6.92 Å². The molecule has 5 nitrogen and oxygen atoms in total. The quantitative estimate of drug-likeness (QED) is 0.561. The Morgan fingerprint density at radius 3 is 3.23 bits per heavy atom. The van der Waals surface area contributed by atoms with Crippen LogP contribution in [0.2, 0.25) is 0 Å². The van der Waals surface area contributed by atoms with Gasteiger partial charge in [-0.3, -0.25) is 5.10 Å². The SMILES string of the molecule is CC1Cc2[nH]ncc2C1(N)C(=O)O. The summed E-state index contributed by atoms with van der Waals surface area (Å²) in [7, 11) is 0. The maximum Gasteiger partial charge on any atom is 0.328 e. The fraction of sp³-hybridized carbons (Fsp3) is 0.500. The molecule has 0 aromatic carbocycles. The van der Waals surface area contributed by atoms with Crippen LogP contribution in [0, 0.1) is 5.92 Å². The van der Waals surface area contributed by atoms with Crippen LogP contribution in [0.1, 0.15) is 18.2 Å².